The summed E-state index contributed by atoms with van der Waals surface area (Å²) in [4.78, 5) is 112. The summed E-state index contributed by atoms with van der Waals surface area (Å²) >= 11 is 12.2. The summed E-state index contributed by atoms with van der Waals surface area (Å²) < 4.78 is 10.8. The van der Waals surface area contributed by atoms with Crippen LogP contribution < -0.4 is 21.3 Å². The summed E-state index contributed by atoms with van der Waals surface area (Å²) in [6.07, 6.45) is 3.42. The first-order valence-corrected chi connectivity index (χ1v) is 30.9. The van der Waals surface area contributed by atoms with Crippen LogP contribution in [0.2, 0.25) is 10.0 Å². The van der Waals surface area contributed by atoms with Gasteiger partial charge in [0.25, 0.3) is 35.4 Å². The molecule has 0 aromatic heterocycles. The van der Waals surface area contributed by atoms with Gasteiger partial charge in [0, 0.05) is 86.4 Å². The number of fused-ring (bicyclic) bond motifs is 3. The number of hydrogen-bond acceptors (Lipinski definition) is 10. The minimum Gasteiger partial charge on any atom is -0.461 e. The van der Waals surface area contributed by atoms with E-state index in [9.17, 15) is 38.4 Å². The van der Waals surface area contributed by atoms with Gasteiger partial charge in [0.05, 0.1) is 22.3 Å². The van der Waals surface area contributed by atoms with Crippen LogP contribution in [0.25, 0.3) is 10.8 Å². The van der Waals surface area contributed by atoms with Gasteiger partial charge in [0.1, 0.15) is 13.2 Å². The second-order valence-corrected chi connectivity index (χ2v) is 23.3. The van der Waals surface area contributed by atoms with Crippen molar-refractivity contribution in [1.29, 1.82) is 0 Å². The van der Waals surface area contributed by atoms with E-state index in [1.807, 2.05) is 84.9 Å². The molecule has 0 radical (unpaired) electrons. The van der Waals surface area contributed by atoms with E-state index in [0.717, 1.165) is 55.3 Å². The highest BCUT2D eigenvalue weighted by Gasteiger charge is 2.31. The van der Waals surface area contributed by atoms with Crippen molar-refractivity contribution in [3.05, 3.63) is 258 Å². The quantitative estimate of drug-likeness (QED) is 0.0298. The first-order valence-electron chi connectivity index (χ1n) is 30.2. The molecule has 0 aliphatic carbocycles. The Hall–Kier alpha value is -9.64. The topological polar surface area (TPSA) is 210 Å². The Morgan fingerprint density at radius 3 is 1.04 bits per heavy atom. The number of nitrogens with zero attached hydrogens (tertiary/aromatic N) is 2. The van der Waals surface area contributed by atoms with Crippen LogP contribution in [0.15, 0.2) is 170 Å². The van der Waals surface area contributed by atoms with Gasteiger partial charge in [-0.25, -0.2) is 0 Å². The number of halogens is 2. The van der Waals surface area contributed by atoms with Gasteiger partial charge in [-0.05, 0) is 167 Å². The Balaban J connectivity index is 0.771. The smallest absolute Gasteiger partial charge is 0.306 e. The van der Waals surface area contributed by atoms with E-state index >= 15 is 0 Å². The van der Waals surface area contributed by atoms with Gasteiger partial charge in [-0.1, -0.05) is 120 Å². The number of unbranched alkanes of at least 4 members (excludes halogenated alkanes) is 2. The van der Waals surface area contributed by atoms with Crippen LogP contribution in [0.1, 0.15) is 145 Å². The first kappa shape index (κ1) is 63.4. The lowest BCUT2D eigenvalue weighted by Gasteiger charge is -2.17. The van der Waals surface area contributed by atoms with Crippen molar-refractivity contribution < 1.29 is 47.8 Å². The van der Waals surface area contributed by atoms with Crippen LogP contribution in [0.4, 0.5) is 0 Å². The van der Waals surface area contributed by atoms with Crippen molar-refractivity contribution in [1.82, 2.24) is 31.1 Å². The van der Waals surface area contributed by atoms with Crippen molar-refractivity contribution in [3.8, 4) is 0 Å². The van der Waals surface area contributed by atoms with E-state index in [1.165, 1.54) is 0 Å². The van der Waals surface area contributed by atoms with Crippen molar-refractivity contribution >= 4 is 81.4 Å². The number of amides is 6. The van der Waals surface area contributed by atoms with Gasteiger partial charge in [0.15, 0.2) is 0 Å². The van der Waals surface area contributed by atoms with E-state index in [1.54, 1.807) is 94.7 Å². The summed E-state index contributed by atoms with van der Waals surface area (Å²) in [5.41, 5.74) is 8.18. The Morgan fingerprint density at radius 1 is 0.367 bits per heavy atom. The van der Waals surface area contributed by atoms with Crippen LogP contribution in [-0.4, -0.2) is 83.4 Å². The van der Waals surface area contributed by atoms with Gasteiger partial charge in [-0.15, -0.1) is 0 Å². The molecular weight excluding hydrogens is 1180 g/mol. The van der Waals surface area contributed by atoms with E-state index in [4.69, 9.17) is 32.7 Å². The number of carbonyl (C=O) groups excluding carboxylic acids is 8. The van der Waals surface area contributed by atoms with Crippen LogP contribution in [0, 0.1) is 0 Å². The average Bonchev–Trinajstić information content (AvgIpc) is 1.84. The normalized spacial score (nSPS) is 12.2. The molecule has 2 aliphatic rings. The van der Waals surface area contributed by atoms with Crippen molar-refractivity contribution in [2.45, 2.75) is 90.8 Å². The maximum Gasteiger partial charge on any atom is 0.306 e. The lowest BCUT2D eigenvalue weighted by Crippen LogP contribution is -2.31. The fourth-order valence-corrected chi connectivity index (χ4v) is 11.2. The van der Waals surface area contributed by atoms with Crippen molar-refractivity contribution in [2.75, 3.05) is 26.2 Å². The highest BCUT2D eigenvalue weighted by molar-refractivity contribution is 6.30. The van der Waals surface area contributed by atoms with E-state index in [-0.39, 0.29) is 111 Å². The number of ether oxygens (including phenoxy) is 2. The molecule has 0 spiro atoms. The van der Waals surface area contributed by atoms with Gasteiger partial charge in [0.2, 0.25) is 0 Å². The maximum atomic E-state index is 14.3. The summed E-state index contributed by atoms with van der Waals surface area (Å²) in [5.74, 6) is -2.96. The van der Waals surface area contributed by atoms with Crippen LogP contribution >= 0.6 is 23.2 Å². The zero-order valence-corrected chi connectivity index (χ0v) is 51.1. The summed E-state index contributed by atoms with van der Waals surface area (Å²) in [6.45, 7) is 2.27. The molecule has 6 amide bonds. The molecule has 4 N–H and O–H groups in total. The van der Waals surface area contributed by atoms with Gasteiger partial charge >= 0.3 is 11.9 Å². The van der Waals surface area contributed by atoms with E-state index < -0.39 is 23.6 Å². The number of rotatable bonds is 26. The SMILES string of the molecule is O=C(CCCCNC(=O)c1cc2c(cc1C(=O)NCCc1ccc(Cl)cc1)CN(C(=O)c1ccc3cc(C(=O)N4Cc5cc(C(=O)NCCCCC(=O)OCc6ccccc6)c(C(=O)NCCc6ccc(Cl)cc6)cc5C4)ccc3c1)C2)OCc1ccccc1. The molecule has 2 aliphatic heterocycles. The molecule has 0 fully saturated rings. The Bertz CT molecular complexity index is 3700. The Morgan fingerprint density at radius 2 is 0.700 bits per heavy atom. The molecule has 0 atom stereocenters. The minimum absolute atomic E-state index is 0.171. The molecule has 8 aromatic rings. The zero-order valence-electron chi connectivity index (χ0n) is 49.6. The maximum absolute atomic E-state index is 14.3. The summed E-state index contributed by atoms with van der Waals surface area (Å²) in [6, 6.07) is 50.8. The third kappa shape index (κ3) is 16.9. The number of carbonyl (C=O) groups is 8. The second kappa shape index (κ2) is 30.5. The van der Waals surface area contributed by atoms with Gasteiger partial charge < -0.3 is 40.5 Å². The Kier molecular flexibility index (Phi) is 21.5. The highest BCUT2D eigenvalue weighted by Crippen LogP contribution is 2.32. The first-order chi connectivity index (χ1) is 43.7. The molecule has 8 aromatic carbocycles. The fraction of sp³-hybridized carbons (Fsp3) is 0.250. The fourth-order valence-electron chi connectivity index (χ4n) is 11.0. The molecule has 2 heterocycles. The number of benzene rings is 8. The van der Waals surface area contributed by atoms with Crippen molar-refractivity contribution in [3.63, 3.8) is 0 Å². The van der Waals surface area contributed by atoms with E-state index in [0.29, 0.717) is 72.8 Å². The molecule has 0 unspecified atom stereocenters. The highest BCUT2D eigenvalue weighted by atomic mass is 35.5. The lowest BCUT2D eigenvalue weighted by atomic mass is 9.98. The summed E-state index contributed by atoms with van der Waals surface area (Å²) in [7, 11) is 0. The van der Waals surface area contributed by atoms with E-state index in [2.05, 4.69) is 21.3 Å². The van der Waals surface area contributed by atoms with Crippen LogP contribution in [-0.2, 0) is 71.3 Å². The molecule has 0 saturated carbocycles. The standard InChI is InChI=1S/C72H68Cl2N6O10/c73-59-25-17-47(18-26-59)29-33-77-69(85)63-39-57-43-79(41-55(57)37-61(63)67(83)75-31-9-7-15-65(81)89-45-49-11-3-1-4-12-49)71(87)53-23-21-52-36-54(24-22-51(52)35-53)72(88)80-42-56-38-62(68(84)76-32-10-8-16-66(82)90-46-50-13-5-2-6-14-50)64(40-58(56)44-80)70(86)78-34-30-48-19-27-60(74)28-20-48/h1-6,11-14,17-28,35-40H,7-10,15-16,29-34,41-46H2,(H,75,83)(H,76,84)(H,77,85)(H,78,86). The molecule has 18 heteroatoms. The predicted octanol–water partition coefficient (Wildman–Crippen LogP) is 11.7. The molecule has 90 heavy (non-hydrogen) atoms. The molecule has 0 bridgehead atoms. The molecule has 0 saturated heterocycles. The number of nitrogens with one attached hydrogen (secondary N) is 4. The van der Waals surface area contributed by atoms with Crippen LogP contribution in [0.3, 0.4) is 0 Å². The number of esters is 2. The third-order valence-electron chi connectivity index (χ3n) is 15.9. The second-order valence-electron chi connectivity index (χ2n) is 22.4. The monoisotopic (exact) mass is 1250 g/mol. The molecule has 16 nitrogen and oxygen atoms in total. The van der Waals surface area contributed by atoms with Crippen molar-refractivity contribution in [2.24, 2.45) is 0 Å². The minimum atomic E-state index is -0.454. The van der Waals surface area contributed by atoms with Gasteiger partial charge in [-0.2, -0.15) is 0 Å². The molecular formula is C72H68Cl2N6O10. The largest absolute Gasteiger partial charge is 0.461 e. The molecule has 460 valence electrons. The average molecular weight is 1250 g/mol. The third-order valence-corrected chi connectivity index (χ3v) is 16.4. The van der Waals surface area contributed by atoms with Crippen LogP contribution in [0.5, 0.6) is 0 Å². The zero-order chi connectivity index (χ0) is 62.9. The van der Waals surface area contributed by atoms with Gasteiger partial charge in [-0.3, -0.25) is 38.4 Å². The summed E-state index contributed by atoms with van der Waals surface area (Å²) in [5, 5.41) is 14.4. The lowest BCUT2D eigenvalue weighted by molar-refractivity contribution is -0.146. The predicted molar refractivity (Wildman–Crippen MR) is 344 cm³/mol. The number of hydrogen-bond donors (Lipinski definition) is 4. The Labute approximate surface area is 532 Å². The molecule has 10 rings (SSSR count).